The molecule has 0 saturated carbocycles. The van der Waals surface area contributed by atoms with Gasteiger partial charge in [-0.2, -0.15) is 0 Å². The number of hydrogen-bond donors (Lipinski definition) is 2. The van der Waals surface area contributed by atoms with Crippen LogP contribution in [0.5, 0.6) is 5.75 Å². The summed E-state index contributed by atoms with van der Waals surface area (Å²) in [6.45, 7) is -0.794. The summed E-state index contributed by atoms with van der Waals surface area (Å²) in [6.07, 6.45) is -4.74. The highest BCUT2D eigenvalue weighted by Crippen LogP contribution is 2.15. The van der Waals surface area contributed by atoms with Crippen molar-refractivity contribution in [1.29, 1.82) is 0 Å². The molecule has 1 aromatic carbocycles. The first kappa shape index (κ1) is 14.8. The number of hydrogen-bond acceptors (Lipinski definition) is 3. The molecule has 2 N–H and O–H groups in total. The topological polar surface area (TPSA) is 58.6 Å². The van der Waals surface area contributed by atoms with E-state index in [0.717, 1.165) is 4.47 Å². The molecular formula is C11H12BrF2NO3. The van der Waals surface area contributed by atoms with Crippen LogP contribution in [0, 0.1) is 0 Å². The zero-order chi connectivity index (χ0) is 13.5. The van der Waals surface area contributed by atoms with Crippen molar-refractivity contribution in [2.75, 3.05) is 13.2 Å². The van der Waals surface area contributed by atoms with Crippen LogP contribution in [0.4, 0.5) is 8.78 Å². The zero-order valence-corrected chi connectivity index (χ0v) is 10.9. The zero-order valence-electron chi connectivity index (χ0n) is 9.28. The minimum absolute atomic E-state index is 0.294. The molecule has 100 valence electrons. The summed E-state index contributed by atoms with van der Waals surface area (Å²) < 4.78 is 29.8. The van der Waals surface area contributed by atoms with Crippen molar-refractivity contribution in [3.8, 4) is 5.75 Å². The van der Waals surface area contributed by atoms with E-state index in [0.29, 0.717) is 5.75 Å². The Balaban J connectivity index is 2.27. The van der Waals surface area contributed by atoms with Gasteiger partial charge in [0.25, 0.3) is 12.3 Å². The fourth-order valence-electron chi connectivity index (χ4n) is 1.04. The summed E-state index contributed by atoms with van der Waals surface area (Å²) in [5.74, 6) is -0.0830. The first-order valence-electron chi connectivity index (χ1n) is 5.10. The number of aliphatic hydroxyl groups excluding tert-OH is 1. The molecule has 0 bridgehead atoms. The lowest BCUT2D eigenvalue weighted by Gasteiger charge is -2.11. The predicted octanol–water partition coefficient (Wildman–Crippen LogP) is 1.57. The van der Waals surface area contributed by atoms with Gasteiger partial charge in [-0.05, 0) is 24.3 Å². The highest BCUT2D eigenvalue weighted by atomic mass is 79.9. The molecule has 0 fully saturated rings. The molecule has 0 radical (unpaired) electrons. The number of aliphatic hydroxyl groups is 1. The average molecular weight is 324 g/mol. The molecule has 1 rings (SSSR count). The molecule has 0 heterocycles. The molecule has 1 unspecified atom stereocenters. The largest absolute Gasteiger partial charge is 0.484 e. The van der Waals surface area contributed by atoms with E-state index < -0.39 is 25.0 Å². The second kappa shape index (κ2) is 7.27. The van der Waals surface area contributed by atoms with Gasteiger partial charge in [0, 0.05) is 11.0 Å². The maximum atomic E-state index is 11.9. The highest BCUT2D eigenvalue weighted by Gasteiger charge is 2.17. The molecule has 0 saturated heterocycles. The third kappa shape index (κ3) is 5.42. The second-order valence-electron chi connectivity index (χ2n) is 3.45. The number of carbonyl (C=O) groups is 1. The number of carbonyl (C=O) groups excluding carboxylic acids is 1. The van der Waals surface area contributed by atoms with E-state index in [1.54, 1.807) is 24.3 Å². The maximum absolute atomic E-state index is 11.9. The van der Waals surface area contributed by atoms with Crippen LogP contribution in [-0.4, -0.2) is 36.7 Å². The summed E-state index contributed by atoms with van der Waals surface area (Å²) in [6, 6.07) is 6.80. The summed E-state index contributed by atoms with van der Waals surface area (Å²) in [7, 11) is 0. The van der Waals surface area contributed by atoms with Crippen LogP contribution >= 0.6 is 15.9 Å². The first-order chi connectivity index (χ1) is 8.49. The Labute approximate surface area is 111 Å². The van der Waals surface area contributed by atoms with Crippen molar-refractivity contribution >= 4 is 21.8 Å². The van der Waals surface area contributed by atoms with E-state index in [1.807, 2.05) is 0 Å². The summed E-state index contributed by atoms with van der Waals surface area (Å²) in [4.78, 5) is 11.2. The van der Waals surface area contributed by atoms with Crippen molar-refractivity contribution in [2.45, 2.75) is 12.5 Å². The monoisotopic (exact) mass is 323 g/mol. The Bertz CT molecular complexity index is 386. The highest BCUT2D eigenvalue weighted by molar-refractivity contribution is 9.10. The van der Waals surface area contributed by atoms with E-state index in [1.165, 1.54) is 0 Å². The Morgan fingerprint density at radius 2 is 2.00 bits per heavy atom. The average Bonchev–Trinajstić information content (AvgIpc) is 2.35. The lowest BCUT2D eigenvalue weighted by molar-refractivity contribution is -0.124. The van der Waals surface area contributed by atoms with Gasteiger partial charge in [0.05, 0.1) is 0 Å². The molecule has 0 spiro atoms. The van der Waals surface area contributed by atoms with E-state index in [4.69, 9.17) is 9.84 Å². The van der Waals surface area contributed by atoms with Crippen LogP contribution in [0.15, 0.2) is 28.7 Å². The Hall–Kier alpha value is -1.21. The number of benzene rings is 1. The summed E-state index contributed by atoms with van der Waals surface area (Å²) >= 11 is 3.25. The Morgan fingerprint density at radius 1 is 1.39 bits per heavy atom. The van der Waals surface area contributed by atoms with Crippen LogP contribution < -0.4 is 10.1 Å². The molecule has 1 atom stereocenters. The lowest BCUT2D eigenvalue weighted by Crippen LogP contribution is -2.38. The third-order valence-corrected chi connectivity index (χ3v) is 2.51. The van der Waals surface area contributed by atoms with Gasteiger partial charge in [-0.1, -0.05) is 15.9 Å². The third-order valence-electron chi connectivity index (χ3n) is 1.98. The first-order valence-corrected chi connectivity index (χ1v) is 5.89. The summed E-state index contributed by atoms with van der Waals surface area (Å²) in [5, 5.41) is 10.9. The quantitative estimate of drug-likeness (QED) is 0.835. The molecule has 7 heteroatoms. The van der Waals surface area contributed by atoms with Crippen LogP contribution in [0.25, 0.3) is 0 Å². The minimum Gasteiger partial charge on any atom is -0.484 e. The van der Waals surface area contributed by atoms with Crippen LogP contribution in [-0.2, 0) is 4.79 Å². The van der Waals surface area contributed by atoms with E-state index in [9.17, 15) is 13.6 Å². The van der Waals surface area contributed by atoms with Gasteiger partial charge in [-0.15, -0.1) is 0 Å². The molecule has 0 aromatic heterocycles. The van der Waals surface area contributed by atoms with Gasteiger partial charge in [0.15, 0.2) is 6.61 Å². The van der Waals surface area contributed by atoms with Crippen molar-refractivity contribution in [3.63, 3.8) is 0 Å². The lowest BCUT2D eigenvalue weighted by atomic mass is 10.3. The van der Waals surface area contributed by atoms with Crippen LogP contribution in [0.3, 0.4) is 0 Å². The van der Waals surface area contributed by atoms with Gasteiger partial charge < -0.3 is 15.2 Å². The fraction of sp³-hybridized carbons (Fsp3) is 0.364. The van der Waals surface area contributed by atoms with Crippen molar-refractivity contribution in [3.05, 3.63) is 28.7 Å². The minimum atomic E-state index is -2.88. The number of ether oxygens (including phenoxy) is 1. The van der Waals surface area contributed by atoms with Gasteiger partial charge in [-0.3, -0.25) is 4.79 Å². The molecule has 1 amide bonds. The van der Waals surface area contributed by atoms with Gasteiger partial charge in [0.2, 0.25) is 0 Å². The number of halogens is 3. The number of rotatable bonds is 6. The molecular weight excluding hydrogens is 312 g/mol. The Kier molecular flexibility index (Phi) is 6.00. The Morgan fingerprint density at radius 3 is 2.56 bits per heavy atom. The van der Waals surface area contributed by atoms with Crippen LogP contribution in [0.2, 0.25) is 0 Å². The maximum Gasteiger partial charge on any atom is 0.265 e. The molecule has 0 aliphatic rings. The van der Waals surface area contributed by atoms with E-state index in [2.05, 4.69) is 21.2 Å². The van der Waals surface area contributed by atoms with Gasteiger partial charge in [-0.25, -0.2) is 8.78 Å². The SMILES string of the molecule is O=C(COc1ccc(Br)cc1)NCC(O)C(F)F. The number of nitrogens with one attached hydrogen (secondary N) is 1. The molecule has 4 nitrogen and oxygen atoms in total. The molecule has 1 aromatic rings. The van der Waals surface area contributed by atoms with Gasteiger partial charge >= 0.3 is 0 Å². The molecule has 0 aliphatic heterocycles. The van der Waals surface area contributed by atoms with Crippen molar-refractivity contribution < 1.29 is 23.4 Å². The number of alkyl halides is 2. The molecule has 18 heavy (non-hydrogen) atoms. The smallest absolute Gasteiger partial charge is 0.265 e. The predicted molar refractivity (Wildman–Crippen MR) is 64.7 cm³/mol. The summed E-state index contributed by atoms with van der Waals surface area (Å²) in [5.41, 5.74) is 0. The van der Waals surface area contributed by atoms with E-state index in [-0.39, 0.29) is 6.61 Å². The van der Waals surface area contributed by atoms with Crippen molar-refractivity contribution in [1.82, 2.24) is 5.32 Å². The van der Waals surface area contributed by atoms with Crippen molar-refractivity contribution in [2.24, 2.45) is 0 Å². The molecule has 0 aliphatic carbocycles. The second-order valence-corrected chi connectivity index (χ2v) is 4.36. The van der Waals surface area contributed by atoms with E-state index >= 15 is 0 Å². The van der Waals surface area contributed by atoms with Crippen LogP contribution in [0.1, 0.15) is 0 Å². The number of amides is 1. The van der Waals surface area contributed by atoms with Gasteiger partial charge in [0.1, 0.15) is 11.9 Å². The normalized spacial score (nSPS) is 12.3. The standard InChI is InChI=1S/C11H12BrF2NO3/c12-7-1-3-8(4-2-7)18-6-10(17)15-5-9(16)11(13)14/h1-4,9,11,16H,5-6H2,(H,15,17). The fourth-order valence-corrected chi connectivity index (χ4v) is 1.30.